The molecule has 1 aliphatic heterocycles. The van der Waals surface area contributed by atoms with E-state index in [1.807, 2.05) is 6.07 Å². The van der Waals surface area contributed by atoms with Gasteiger partial charge in [0.15, 0.2) is 11.5 Å². The van der Waals surface area contributed by atoms with E-state index < -0.39 is 6.09 Å². The molecule has 0 aromatic heterocycles. The number of carboxylic acid groups (broad SMARTS) is 1. The molecule has 2 aliphatic rings. The summed E-state index contributed by atoms with van der Waals surface area (Å²) in [5, 5.41) is 13.4. The van der Waals surface area contributed by atoms with Crippen LogP contribution in [0.1, 0.15) is 36.8 Å². The van der Waals surface area contributed by atoms with Gasteiger partial charge in [0, 0.05) is 24.6 Å². The SMILES string of the molecule is CCNC(=O)O.COc1ccc2c(c1OC)C1CNCC1C2C. The molecule has 23 heavy (non-hydrogen) atoms. The molecule has 1 saturated heterocycles. The van der Waals surface area contributed by atoms with E-state index >= 15 is 0 Å². The van der Waals surface area contributed by atoms with Gasteiger partial charge in [-0.25, -0.2) is 4.79 Å². The zero-order valence-electron chi connectivity index (χ0n) is 14.2. The van der Waals surface area contributed by atoms with Crippen molar-refractivity contribution in [2.45, 2.75) is 25.7 Å². The molecule has 3 unspecified atom stereocenters. The van der Waals surface area contributed by atoms with Gasteiger partial charge in [-0.15, -0.1) is 0 Å². The summed E-state index contributed by atoms with van der Waals surface area (Å²) in [6.07, 6.45) is -0.961. The van der Waals surface area contributed by atoms with Crippen molar-refractivity contribution >= 4 is 6.09 Å². The van der Waals surface area contributed by atoms with Crippen LogP contribution in [-0.2, 0) is 0 Å². The fourth-order valence-corrected chi connectivity index (χ4v) is 3.67. The topological polar surface area (TPSA) is 79.8 Å². The van der Waals surface area contributed by atoms with Gasteiger partial charge in [-0.05, 0) is 36.9 Å². The van der Waals surface area contributed by atoms with E-state index in [2.05, 4.69) is 23.6 Å². The Morgan fingerprint density at radius 3 is 2.61 bits per heavy atom. The normalized spacial score (nSPS) is 24.1. The summed E-state index contributed by atoms with van der Waals surface area (Å²) in [5.74, 6) is 3.71. The Bertz CT molecular complexity index is 562. The Kier molecular flexibility index (Phi) is 5.71. The first-order valence-electron chi connectivity index (χ1n) is 7.97. The minimum Gasteiger partial charge on any atom is -0.493 e. The highest BCUT2D eigenvalue weighted by molar-refractivity contribution is 5.64. The van der Waals surface area contributed by atoms with Gasteiger partial charge in [-0.3, -0.25) is 0 Å². The largest absolute Gasteiger partial charge is 0.493 e. The number of hydrogen-bond donors (Lipinski definition) is 3. The van der Waals surface area contributed by atoms with Crippen LogP contribution in [-0.4, -0.2) is 45.1 Å². The van der Waals surface area contributed by atoms with Crippen molar-refractivity contribution in [2.75, 3.05) is 33.9 Å². The van der Waals surface area contributed by atoms with Crippen LogP contribution >= 0.6 is 0 Å². The van der Waals surface area contributed by atoms with Crippen molar-refractivity contribution < 1.29 is 19.4 Å². The molecule has 0 radical (unpaired) electrons. The molecule has 128 valence electrons. The molecule has 0 spiro atoms. The number of fused-ring (bicyclic) bond motifs is 3. The summed E-state index contributed by atoms with van der Waals surface area (Å²) >= 11 is 0. The number of amides is 1. The van der Waals surface area contributed by atoms with Crippen molar-refractivity contribution in [3.8, 4) is 11.5 Å². The van der Waals surface area contributed by atoms with Crippen molar-refractivity contribution in [1.82, 2.24) is 10.6 Å². The third-order valence-electron chi connectivity index (χ3n) is 4.71. The molecular formula is C17H26N2O4. The van der Waals surface area contributed by atoms with Crippen LogP contribution in [0, 0.1) is 5.92 Å². The Morgan fingerprint density at radius 2 is 2.09 bits per heavy atom. The number of nitrogens with one attached hydrogen (secondary N) is 2. The molecule has 3 N–H and O–H groups in total. The molecule has 6 heteroatoms. The quantitative estimate of drug-likeness (QED) is 0.796. The van der Waals surface area contributed by atoms with Gasteiger partial charge in [0.1, 0.15) is 0 Å². The molecule has 1 aromatic rings. The minimum absolute atomic E-state index is 0.481. The van der Waals surface area contributed by atoms with Gasteiger partial charge in [-0.1, -0.05) is 13.0 Å². The summed E-state index contributed by atoms with van der Waals surface area (Å²) in [6.45, 7) is 6.71. The molecule has 6 nitrogen and oxygen atoms in total. The lowest BCUT2D eigenvalue weighted by Gasteiger charge is -2.16. The fourth-order valence-electron chi connectivity index (χ4n) is 3.67. The van der Waals surface area contributed by atoms with Crippen LogP contribution in [0.2, 0.25) is 0 Å². The van der Waals surface area contributed by atoms with Crippen molar-refractivity contribution in [2.24, 2.45) is 5.92 Å². The maximum Gasteiger partial charge on any atom is 0.404 e. The summed E-state index contributed by atoms with van der Waals surface area (Å²) in [7, 11) is 3.44. The Morgan fingerprint density at radius 1 is 1.35 bits per heavy atom. The van der Waals surface area contributed by atoms with Crippen LogP contribution in [0.25, 0.3) is 0 Å². The van der Waals surface area contributed by atoms with Gasteiger partial charge < -0.3 is 25.2 Å². The van der Waals surface area contributed by atoms with Gasteiger partial charge in [0.05, 0.1) is 14.2 Å². The highest BCUT2D eigenvalue weighted by Crippen LogP contribution is 2.53. The van der Waals surface area contributed by atoms with E-state index in [0.717, 1.165) is 24.6 Å². The molecule has 1 aromatic carbocycles. The number of carbonyl (C=O) groups is 1. The maximum atomic E-state index is 9.49. The second-order valence-electron chi connectivity index (χ2n) is 5.86. The molecule has 1 heterocycles. The number of benzene rings is 1. The average Bonchev–Trinajstić information content (AvgIpc) is 3.10. The maximum absolute atomic E-state index is 9.49. The van der Waals surface area contributed by atoms with E-state index in [1.54, 1.807) is 21.1 Å². The summed E-state index contributed by atoms with van der Waals surface area (Å²) in [4.78, 5) is 9.49. The number of ether oxygens (including phenoxy) is 2. The van der Waals surface area contributed by atoms with E-state index in [1.165, 1.54) is 11.1 Å². The summed E-state index contributed by atoms with van der Waals surface area (Å²) in [6, 6.07) is 4.24. The Labute approximate surface area is 137 Å². The monoisotopic (exact) mass is 322 g/mol. The Balaban J connectivity index is 0.000000277. The molecule has 0 bridgehead atoms. The van der Waals surface area contributed by atoms with E-state index in [9.17, 15) is 4.79 Å². The summed E-state index contributed by atoms with van der Waals surface area (Å²) in [5.41, 5.74) is 2.81. The lowest BCUT2D eigenvalue weighted by molar-refractivity contribution is 0.195. The second kappa shape index (κ2) is 7.55. The smallest absolute Gasteiger partial charge is 0.404 e. The molecule has 1 aliphatic carbocycles. The third-order valence-corrected chi connectivity index (χ3v) is 4.71. The molecule has 3 atom stereocenters. The zero-order valence-corrected chi connectivity index (χ0v) is 14.2. The van der Waals surface area contributed by atoms with E-state index in [4.69, 9.17) is 14.6 Å². The van der Waals surface area contributed by atoms with Gasteiger partial charge in [0.2, 0.25) is 0 Å². The van der Waals surface area contributed by atoms with Crippen molar-refractivity contribution in [3.63, 3.8) is 0 Å². The predicted molar refractivity (Wildman–Crippen MR) is 88.8 cm³/mol. The molecule has 3 rings (SSSR count). The van der Waals surface area contributed by atoms with E-state index in [0.29, 0.717) is 24.3 Å². The van der Waals surface area contributed by atoms with Crippen LogP contribution in [0.15, 0.2) is 12.1 Å². The first-order valence-corrected chi connectivity index (χ1v) is 7.97. The van der Waals surface area contributed by atoms with Crippen LogP contribution < -0.4 is 20.1 Å². The number of rotatable bonds is 3. The average molecular weight is 322 g/mol. The number of methoxy groups -OCH3 is 2. The van der Waals surface area contributed by atoms with Gasteiger partial charge in [-0.2, -0.15) is 0 Å². The van der Waals surface area contributed by atoms with E-state index in [-0.39, 0.29) is 0 Å². The lowest BCUT2D eigenvalue weighted by Crippen LogP contribution is -2.19. The fraction of sp³-hybridized carbons (Fsp3) is 0.588. The summed E-state index contributed by atoms with van der Waals surface area (Å²) < 4.78 is 11.0. The molecule has 0 saturated carbocycles. The van der Waals surface area contributed by atoms with Crippen LogP contribution in [0.5, 0.6) is 11.5 Å². The molecule has 1 fully saturated rings. The lowest BCUT2D eigenvalue weighted by atomic mass is 9.91. The van der Waals surface area contributed by atoms with Gasteiger partial charge in [0.25, 0.3) is 0 Å². The van der Waals surface area contributed by atoms with Crippen molar-refractivity contribution in [1.29, 1.82) is 0 Å². The minimum atomic E-state index is -0.961. The number of hydrogen-bond acceptors (Lipinski definition) is 4. The second-order valence-corrected chi connectivity index (χ2v) is 5.86. The highest BCUT2D eigenvalue weighted by Gasteiger charge is 2.43. The van der Waals surface area contributed by atoms with Crippen molar-refractivity contribution in [3.05, 3.63) is 23.3 Å². The molecular weight excluding hydrogens is 296 g/mol. The first-order chi connectivity index (χ1) is 11.0. The van der Waals surface area contributed by atoms with Crippen LogP contribution in [0.4, 0.5) is 4.79 Å². The van der Waals surface area contributed by atoms with Crippen LogP contribution in [0.3, 0.4) is 0 Å². The third kappa shape index (κ3) is 3.37. The first kappa shape index (κ1) is 17.4. The highest BCUT2D eigenvalue weighted by atomic mass is 16.5. The molecule has 1 amide bonds. The van der Waals surface area contributed by atoms with Gasteiger partial charge >= 0.3 is 6.09 Å². The predicted octanol–water partition coefficient (Wildman–Crippen LogP) is 2.40. The Hall–Kier alpha value is -1.95. The zero-order chi connectivity index (χ0) is 17.0. The standard InChI is InChI=1S/C14H19NO2.C3H7NO2/c1-8-9-4-5-12(16-2)14(17-3)13(9)11-7-15-6-10(8)11;1-2-4-3(5)6/h4-5,8,10-11,15H,6-7H2,1-3H3;4H,2H2,1H3,(H,5,6).